The largest absolute Gasteiger partial charge is 0.477 e. The predicted octanol–water partition coefficient (Wildman–Crippen LogP) is -2.12. The molecule has 0 spiro atoms. The normalized spacial score (nSPS) is 39.6. The van der Waals surface area contributed by atoms with Crippen molar-refractivity contribution in [2.75, 3.05) is 13.2 Å². The SMILES string of the molecule is CCNC1C(O)CC(O)(C(=O)O)OC1CO. The van der Waals surface area contributed by atoms with Crippen LogP contribution in [0.2, 0.25) is 0 Å². The fourth-order valence-corrected chi connectivity index (χ4v) is 1.82. The van der Waals surface area contributed by atoms with E-state index in [1.54, 1.807) is 6.92 Å². The van der Waals surface area contributed by atoms with Gasteiger partial charge in [0.15, 0.2) is 0 Å². The van der Waals surface area contributed by atoms with Gasteiger partial charge in [-0.2, -0.15) is 0 Å². The molecule has 1 aliphatic rings. The van der Waals surface area contributed by atoms with Gasteiger partial charge >= 0.3 is 5.97 Å². The highest BCUT2D eigenvalue weighted by Gasteiger charge is 2.50. The molecule has 0 aromatic heterocycles. The molecule has 4 unspecified atom stereocenters. The minimum absolute atomic E-state index is 0.434. The summed E-state index contributed by atoms with van der Waals surface area (Å²) in [5, 5.41) is 40.0. The number of rotatable bonds is 4. The number of hydrogen-bond acceptors (Lipinski definition) is 6. The van der Waals surface area contributed by atoms with Crippen molar-refractivity contribution in [3.05, 3.63) is 0 Å². The van der Waals surface area contributed by atoms with E-state index in [4.69, 9.17) is 14.9 Å². The molecule has 1 saturated heterocycles. The topological polar surface area (TPSA) is 119 Å². The highest BCUT2D eigenvalue weighted by atomic mass is 16.7. The zero-order valence-electron chi connectivity index (χ0n) is 8.96. The maximum atomic E-state index is 10.8. The van der Waals surface area contributed by atoms with E-state index >= 15 is 0 Å². The highest BCUT2D eigenvalue weighted by molar-refractivity contribution is 5.75. The Morgan fingerprint density at radius 2 is 2.25 bits per heavy atom. The first kappa shape index (κ1) is 13.3. The van der Waals surface area contributed by atoms with Crippen LogP contribution in [-0.4, -0.2) is 63.6 Å². The Balaban J connectivity index is 2.81. The predicted molar refractivity (Wildman–Crippen MR) is 52.6 cm³/mol. The van der Waals surface area contributed by atoms with Gasteiger partial charge in [-0.25, -0.2) is 4.79 Å². The summed E-state index contributed by atoms with van der Waals surface area (Å²) >= 11 is 0. The molecule has 0 aliphatic carbocycles. The summed E-state index contributed by atoms with van der Waals surface area (Å²) in [4.78, 5) is 10.8. The lowest BCUT2D eigenvalue weighted by Crippen LogP contribution is -2.63. The van der Waals surface area contributed by atoms with E-state index in [2.05, 4.69) is 5.32 Å². The summed E-state index contributed by atoms with van der Waals surface area (Å²) in [5.74, 6) is -4.00. The van der Waals surface area contributed by atoms with Crippen LogP contribution in [0.5, 0.6) is 0 Å². The number of carbonyl (C=O) groups is 1. The molecule has 7 nitrogen and oxygen atoms in total. The van der Waals surface area contributed by atoms with Crippen molar-refractivity contribution in [2.24, 2.45) is 0 Å². The summed E-state index contributed by atoms with van der Waals surface area (Å²) < 4.78 is 4.90. The molecule has 1 heterocycles. The molecule has 1 rings (SSSR count). The van der Waals surface area contributed by atoms with E-state index in [-0.39, 0.29) is 0 Å². The van der Waals surface area contributed by atoms with Gasteiger partial charge in [-0.1, -0.05) is 6.92 Å². The fourth-order valence-electron chi connectivity index (χ4n) is 1.82. The molecule has 1 aliphatic heterocycles. The van der Waals surface area contributed by atoms with E-state index in [1.807, 2.05) is 0 Å². The number of carboxylic acids is 1. The minimum atomic E-state index is -2.43. The third-order valence-corrected chi connectivity index (χ3v) is 2.60. The highest BCUT2D eigenvalue weighted by Crippen LogP contribution is 2.27. The summed E-state index contributed by atoms with van der Waals surface area (Å²) in [5.41, 5.74) is 0. The lowest BCUT2D eigenvalue weighted by molar-refractivity contribution is -0.281. The Morgan fingerprint density at radius 3 is 2.69 bits per heavy atom. The number of hydrogen-bond donors (Lipinski definition) is 5. The number of aliphatic hydroxyl groups excluding tert-OH is 2. The van der Waals surface area contributed by atoms with E-state index in [0.717, 1.165) is 0 Å². The van der Waals surface area contributed by atoms with E-state index in [9.17, 15) is 15.0 Å². The molecule has 7 heteroatoms. The van der Waals surface area contributed by atoms with Crippen molar-refractivity contribution >= 4 is 5.97 Å². The first-order chi connectivity index (χ1) is 7.44. The molecule has 0 bridgehead atoms. The lowest BCUT2D eigenvalue weighted by Gasteiger charge is -2.41. The third-order valence-electron chi connectivity index (χ3n) is 2.60. The van der Waals surface area contributed by atoms with Gasteiger partial charge in [-0.3, -0.25) is 0 Å². The second-order valence-corrected chi connectivity index (χ2v) is 3.78. The molecular weight excluding hydrogens is 218 g/mol. The summed E-state index contributed by atoms with van der Waals surface area (Å²) in [6.07, 6.45) is -2.48. The Bertz CT molecular complexity index is 260. The summed E-state index contributed by atoms with van der Waals surface area (Å²) in [6.45, 7) is 1.86. The third kappa shape index (κ3) is 2.50. The van der Waals surface area contributed by atoms with Gasteiger partial charge in [-0.15, -0.1) is 0 Å². The van der Waals surface area contributed by atoms with Crippen LogP contribution >= 0.6 is 0 Å². The van der Waals surface area contributed by atoms with Crippen LogP contribution in [0.1, 0.15) is 13.3 Å². The van der Waals surface area contributed by atoms with Crippen molar-refractivity contribution < 1.29 is 30.0 Å². The van der Waals surface area contributed by atoms with E-state index < -0.39 is 43.0 Å². The minimum Gasteiger partial charge on any atom is -0.477 e. The summed E-state index contributed by atoms with van der Waals surface area (Å²) in [7, 11) is 0. The van der Waals surface area contributed by atoms with Gasteiger partial charge in [0, 0.05) is 6.42 Å². The van der Waals surface area contributed by atoms with Gasteiger partial charge in [0.05, 0.1) is 18.8 Å². The van der Waals surface area contributed by atoms with Crippen LogP contribution in [0.25, 0.3) is 0 Å². The Morgan fingerprint density at radius 1 is 1.62 bits per heavy atom. The Hall–Kier alpha value is -0.730. The molecule has 0 amide bonds. The van der Waals surface area contributed by atoms with Crippen molar-refractivity contribution in [3.63, 3.8) is 0 Å². The smallest absolute Gasteiger partial charge is 0.364 e. The number of aliphatic carboxylic acids is 1. The first-order valence-corrected chi connectivity index (χ1v) is 5.10. The van der Waals surface area contributed by atoms with Crippen LogP contribution < -0.4 is 5.32 Å². The number of carboxylic acid groups (broad SMARTS) is 1. The fraction of sp³-hybridized carbons (Fsp3) is 0.889. The number of likely N-dealkylation sites (N-methyl/N-ethyl adjacent to an activating group) is 1. The maximum absolute atomic E-state index is 10.8. The molecule has 16 heavy (non-hydrogen) atoms. The quantitative estimate of drug-likeness (QED) is 0.378. The lowest BCUT2D eigenvalue weighted by atomic mass is 9.93. The molecule has 1 fully saturated rings. The maximum Gasteiger partial charge on any atom is 0.364 e. The molecule has 94 valence electrons. The van der Waals surface area contributed by atoms with Crippen molar-refractivity contribution in [1.29, 1.82) is 0 Å². The van der Waals surface area contributed by atoms with E-state index in [0.29, 0.717) is 6.54 Å². The van der Waals surface area contributed by atoms with Gasteiger partial charge in [-0.05, 0) is 6.54 Å². The molecule has 0 radical (unpaired) electrons. The monoisotopic (exact) mass is 235 g/mol. The summed E-state index contributed by atoms with van der Waals surface area (Å²) in [6, 6.07) is -0.588. The van der Waals surface area contributed by atoms with Gasteiger partial charge in [0.2, 0.25) is 0 Å². The average molecular weight is 235 g/mol. The number of ether oxygens (including phenoxy) is 1. The van der Waals surface area contributed by atoms with Crippen LogP contribution in [-0.2, 0) is 9.53 Å². The second-order valence-electron chi connectivity index (χ2n) is 3.78. The zero-order chi connectivity index (χ0) is 12.3. The molecular formula is C9H17NO6. The van der Waals surface area contributed by atoms with Crippen molar-refractivity contribution in [1.82, 2.24) is 5.32 Å². The van der Waals surface area contributed by atoms with Crippen LogP contribution in [0.15, 0.2) is 0 Å². The zero-order valence-corrected chi connectivity index (χ0v) is 8.96. The molecule has 0 saturated carbocycles. The first-order valence-electron chi connectivity index (χ1n) is 5.10. The van der Waals surface area contributed by atoms with Gasteiger partial charge < -0.3 is 30.5 Å². The molecule has 4 atom stereocenters. The molecule has 0 aromatic carbocycles. The van der Waals surface area contributed by atoms with Crippen LogP contribution in [0, 0.1) is 0 Å². The van der Waals surface area contributed by atoms with Crippen LogP contribution in [0.4, 0.5) is 0 Å². The van der Waals surface area contributed by atoms with E-state index in [1.165, 1.54) is 0 Å². The van der Waals surface area contributed by atoms with Crippen molar-refractivity contribution in [3.8, 4) is 0 Å². The number of aliphatic hydroxyl groups is 3. The molecule has 5 N–H and O–H groups in total. The van der Waals surface area contributed by atoms with Gasteiger partial charge in [0.1, 0.15) is 6.10 Å². The van der Waals surface area contributed by atoms with Crippen molar-refractivity contribution in [2.45, 2.75) is 37.4 Å². The second kappa shape index (κ2) is 5.07. The van der Waals surface area contributed by atoms with Gasteiger partial charge in [0.25, 0.3) is 5.79 Å². The Labute approximate surface area is 92.7 Å². The number of nitrogens with one attached hydrogen (secondary N) is 1. The van der Waals surface area contributed by atoms with Crippen LogP contribution in [0.3, 0.4) is 0 Å². The standard InChI is InChI=1S/C9H17NO6/c1-2-10-7-5(12)3-9(15,8(13)14)16-6(7)4-11/h5-7,10-12,15H,2-4H2,1H3,(H,13,14). The Kier molecular flexibility index (Phi) is 4.22. The average Bonchev–Trinajstić information content (AvgIpc) is 2.21. The molecule has 0 aromatic rings.